The number of benzene rings is 1. The molecule has 2 amide bonds. The SMILES string of the molecule is CC(CN)C(=O)Nc1cccc(C(N)=O)c1.Cl. The van der Waals surface area contributed by atoms with Crippen molar-refractivity contribution in [2.45, 2.75) is 6.92 Å². The number of amides is 2. The molecule has 1 aromatic rings. The predicted molar refractivity (Wildman–Crippen MR) is 69.1 cm³/mol. The highest BCUT2D eigenvalue weighted by molar-refractivity contribution is 5.96. The van der Waals surface area contributed by atoms with Gasteiger partial charge >= 0.3 is 0 Å². The first-order chi connectivity index (χ1) is 7.54. The van der Waals surface area contributed by atoms with Crippen molar-refractivity contribution < 1.29 is 9.59 Å². The zero-order chi connectivity index (χ0) is 12.1. The molecule has 0 radical (unpaired) electrons. The number of hydrogen-bond donors (Lipinski definition) is 3. The van der Waals surface area contributed by atoms with Gasteiger partial charge in [-0.2, -0.15) is 0 Å². The molecule has 0 aromatic heterocycles. The van der Waals surface area contributed by atoms with E-state index >= 15 is 0 Å². The summed E-state index contributed by atoms with van der Waals surface area (Å²) in [5.74, 6) is -0.968. The van der Waals surface area contributed by atoms with Gasteiger partial charge in [-0.1, -0.05) is 13.0 Å². The van der Waals surface area contributed by atoms with Crippen molar-refractivity contribution in [2.24, 2.45) is 17.4 Å². The predicted octanol–water partition coefficient (Wildman–Crippen LogP) is 0.741. The van der Waals surface area contributed by atoms with Gasteiger partial charge in [0.1, 0.15) is 0 Å². The summed E-state index contributed by atoms with van der Waals surface area (Å²) in [6, 6.07) is 6.46. The van der Waals surface area contributed by atoms with Gasteiger partial charge in [0.05, 0.1) is 0 Å². The fourth-order valence-corrected chi connectivity index (χ4v) is 1.12. The zero-order valence-corrected chi connectivity index (χ0v) is 10.3. The van der Waals surface area contributed by atoms with Crippen molar-refractivity contribution in [3.05, 3.63) is 29.8 Å². The summed E-state index contributed by atoms with van der Waals surface area (Å²) in [7, 11) is 0. The largest absolute Gasteiger partial charge is 0.366 e. The molecule has 1 rings (SSSR count). The molecule has 0 spiro atoms. The molecule has 1 aromatic carbocycles. The molecular weight excluding hydrogens is 242 g/mol. The summed E-state index contributed by atoms with van der Waals surface area (Å²) in [4.78, 5) is 22.4. The summed E-state index contributed by atoms with van der Waals surface area (Å²) in [6.07, 6.45) is 0. The first-order valence-corrected chi connectivity index (χ1v) is 4.95. The van der Waals surface area contributed by atoms with Crippen LogP contribution in [0.1, 0.15) is 17.3 Å². The number of hydrogen-bond acceptors (Lipinski definition) is 3. The maximum atomic E-state index is 11.5. The van der Waals surface area contributed by atoms with E-state index in [4.69, 9.17) is 11.5 Å². The Morgan fingerprint density at radius 3 is 2.59 bits per heavy atom. The Morgan fingerprint density at radius 2 is 2.06 bits per heavy atom. The number of carbonyl (C=O) groups excluding carboxylic acids is 2. The molecule has 0 saturated carbocycles. The molecule has 0 heterocycles. The van der Waals surface area contributed by atoms with Gasteiger partial charge < -0.3 is 16.8 Å². The van der Waals surface area contributed by atoms with Crippen LogP contribution < -0.4 is 16.8 Å². The first-order valence-electron chi connectivity index (χ1n) is 4.95. The van der Waals surface area contributed by atoms with E-state index in [1.807, 2.05) is 0 Å². The maximum Gasteiger partial charge on any atom is 0.248 e. The summed E-state index contributed by atoms with van der Waals surface area (Å²) < 4.78 is 0. The summed E-state index contributed by atoms with van der Waals surface area (Å²) in [6.45, 7) is 2.01. The van der Waals surface area contributed by atoms with Gasteiger partial charge in [-0.15, -0.1) is 12.4 Å². The molecule has 5 nitrogen and oxygen atoms in total. The average molecular weight is 258 g/mol. The molecule has 17 heavy (non-hydrogen) atoms. The lowest BCUT2D eigenvalue weighted by Crippen LogP contribution is -2.26. The van der Waals surface area contributed by atoms with Crippen molar-refractivity contribution in [3.63, 3.8) is 0 Å². The van der Waals surface area contributed by atoms with E-state index < -0.39 is 5.91 Å². The third kappa shape index (κ3) is 4.42. The summed E-state index contributed by atoms with van der Waals surface area (Å²) >= 11 is 0. The van der Waals surface area contributed by atoms with E-state index in [9.17, 15) is 9.59 Å². The smallest absolute Gasteiger partial charge is 0.248 e. The van der Waals surface area contributed by atoms with Gasteiger partial charge in [0.25, 0.3) is 0 Å². The van der Waals surface area contributed by atoms with Gasteiger partial charge in [-0.3, -0.25) is 9.59 Å². The highest BCUT2D eigenvalue weighted by Crippen LogP contribution is 2.11. The van der Waals surface area contributed by atoms with Gasteiger partial charge in [0, 0.05) is 23.7 Å². The molecule has 1 unspecified atom stereocenters. The fraction of sp³-hybridized carbons (Fsp3) is 0.273. The Labute approximate surface area is 106 Å². The molecule has 0 fully saturated rings. The maximum absolute atomic E-state index is 11.5. The number of carbonyl (C=O) groups is 2. The topological polar surface area (TPSA) is 98.2 Å². The van der Waals surface area contributed by atoms with Crippen LogP contribution in [0.3, 0.4) is 0 Å². The lowest BCUT2D eigenvalue weighted by molar-refractivity contribution is -0.119. The standard InChI is InChI=1S/C11H15N3O2.ClH/c1-7(6-12)11(16)14-9-4-2-3-8(5-9)10(13)15;/h2-5,7H,6,12H2,1H3,(H2,13,15)(H,14,16);1H. The number of rotatable bonds is 4. The van der Waals surface area contributed by atoms with Crippen LogP contribution >= 0.6 is 12.4 Å². The van der Waals surface area contributed by atoms with Crippen molar-refractivity contribution in [2.75, 3.05) is 11.9 Å². The average Bonchev–Trinajstić information content (AvgIpc) is 2.28. The number of nitrogens with one attached hydrogen (secondary N) is 1. The number of anilines is 1. The number of nitrogens with two attached hydrogens (primary N) is 2. The molecule has 0 aliphatic rings. The van der Waals surface area contributed by atoms with E-state index in [-0.39, 0.29) is 30.8 Å². The van der Waals surface area contributed by atoms with Crippen molar-refractivity contribution in [1.82, 2.24) is 0 Å². The second-order valence-electron chi connectivity index (χ2n) is 3.57. The van der Waals surface area contributed by atoms with E-state index in [2.05, 4.69) is 5.32 Å². The second-order valence-corrected chi connectivity index (χ2v) is 3.57. The molecule has 0 aliphatic carbocycles. The Morgan fingerprint density at radius 1 is 1.41 bits per heavy atom. The minimum absolute atomic E-state index is 0. The molecule has 5 N–H and O–H groups in total. The van der Waals surface area contributed by atoms with E-state index in [1.165, 1.54) is 6.07 Å². The van der Waals surface area contributed by atoms with Crippen LogP contribution in [-0.2, 0) is 4.79 Å². The van der Waals surface area contributed by atoms with Crippen molar-refractivity contribution >= 4 is 29.9 Å². The molecule has 6 heteroatoms. The van der Waals surface area contributed by atoms with Crippen LogP contribution in [0.25, 0.3) is 0 Å². The molecular formula is C11H16ClN3O2. The Balaban J connectivity index is 0.00000256. The molecule has 94 valence electrons. The highest BCUT2D eigenvalue weighted by atomic mass is 35.5. The van der Waals surface area contributed by atoms with Gasteiger partial charge in [-0.25, -0.2) is 0 Å². The monoisotopic (exact) mass is 257 g/mol. The van der Waals surface area contributed by atoms with E-state index in [0.29, 0.717) is 11.3 Å². The Hall–Kier alpha value is -1.59. The Bertz CT molecular complexity index is 409. The zero-order valence-electron chi connectivity index (χ0n) is 9.47. The van der Waals surface area contributed by atoms with Crippen LogP contribution in [0.5, 0.6) is 0 Å². The van der Waals surface area contributed by atoms with Crippen molar-refractivity contribution in [3.8, 4) is 0 Å². The lowest BCUT2D eigenvalue weighted by Gasteiger charge is -2.10. The quantitative estimate of drug-likeness (QED) is 0.742. The molecule has 0 saturated heterocycles. The molecule has 1 atom stereocenters. The first kappa shape index (κ1) is 15.4. The van der Waals surface area contributed by atoms with E-state index in [0.717, 1.165) is 0 Å². The highest BCUT2D eigenvalue weighted by Gasteiger charge is 2.11. The van der Waals surface area contributed by atoms with Crippen LogP contribution in [-0.4, -0.2) is 18.4 Å². The second kappa shape index (κ2) is 6.88. The Kier molecular flexibility index (Phi) is 6.23. The number of halogens is 1. The summed E-state index contributed by atoms with van der Waals surface area (Å²) in [5, 5.41) is 2.66. The molecule has 0 bridgehead atoms. The van der Waals surface area contributed by atoms with Gasteiger partial charge in [0.2, 0.25) is 11.8 Å². The third-order valence-corrected chi connectivity index (χ3v) is 2.22. The van der Waals surface area contributed by atoms with E-state index in [1.54, 1.807) is 25.1 Å². The molecule has 0 aliphatic heterocycles. The minimum atomic E-state index is -0.525. The van der Waals surface area contributed by atoms with Gasteiger partial charge in [0.15, 0.2) is 0 Å². The fourth-order valence-electron chi connectivity index (χ4n) is 1.12. The van der Waals surface area contributed by atoms with Crippen LogP contribution in [0, 0.1) is 5.92 Å². The summed E-state index contributed by atoms with van der Waals surface area (Å²) in [5.41, 5.74) is 11.4. The normalized spacial score (nSPS) is 11.2. The third-order valence-electron chi connectivity index (χ3n) is 2.22. The van der Waals surface area contributed by atoms with Crippen LogP contribution in [0.15, 0.2) is 24.3 Å². The number of primary amides is 1. The van der Waals surface area contributed by atoms with Gasteiger partial charge in [-0.05, 0) is 18.2 Å². The lowest BCUT2D eigenvalue weighted by atomic mass is 10.1. The van der Waals surface area contributed by atoms with Crippen LogP contribution in [0.4, 0.5) is 5.69 Å². The van der Waals surface area contributed by atoms with Crippen LogP contribution in [0.2, 0.25) is 0 Å². The van der Waals surface area contributed by atoms with Crippen molar-refractivity contribution in [1.29, 1.82) is 0 Å². The minimum Gasteiger partial charge on any atom is -0.366 e.